The number of carbonyl (C=O) groups is 3. The zero-order valence-corrected chi connectivity index (χ0v) is 17.7. The summed E-state index contributed by atoms with van der Waals surface area (Å²) in [7, 11) is 0. The molecule has 9 heteroatoms. The molecule has 0 spiro atoms. The molecule has 3 heterocycles. The number of benzene rings is 2. The van der Waals surface area contributed by atoms with Crippen molar-refractivity contribution in [2.75, 3.05) is 0 Å². The number of para-hydroxylation sites is 1. The summed E-state index contributed by atoms with van der Waals surface area (Å²) in [5.74, 6) is -1.89. The lowest BCUT2D eigenvalue weighted by Gasteiger charge is -2.12. The molecule has 0 atom stereocenters. The van der Waals surface area contributed by atoms with Crippen molar-refractivity contribution in [2.45, 2.75) is 13.1 Å². The molecule has 170 valence electrons. The minimum absolute atomic E-state index is 0.0791. The zero-order valence-electron chi connectivity index (χ0n) is 17.7. The third-order valence-corrected chi connectivity index (χ3v) is 5.57. The second kappa shape index (κ2) is 8.36. The van der Waals surface area contributed by atoms with E-state index in [4.69, 9.17) is 9.52 Å². The molecule has 8 nitrogen and oxygen atoms in total. The summed E-state index contributed by atoms with van der Waals surface area (Å²) in [6, 6.07) is 15.8. The number of nitrogens with one attached hydrogen (secondary N) is 1. The van der Waals surface area contributed by atoms with Crippen LogP contribution in [-0.4, -0.2) is 32.5 Å². The third kappa shape index (κ3) is 3.83. The van der Waals surface area contributed by atoms with Gasteiger partial charge in [0.2, 0.25) is 5.76 Å². The van der Waals surface area contributed by atoms with Crippen molar-refractivity contribution in [1.29, 1.82) is 0 Å². The molecule has 0 unspecified atom stereocenters. The highest BCUT2D eigenvalue weighted by Gasteiger charge is 2.34. The van der Waals surface area contributed by atoms with Crippen LogP contribution in [-0.2, 0) is 17.9 Å². The van der Waals surface area contributed by atoms with Crippen molar-refractivity contribution in [2.24, 2.45) is 0 Å². The molecule has 5 rings (SSSR count). The SMILES string of the molecule is O=C(O)c1ccc(Cn2cc(/C=C3\NC(=O)N(Cc4ccccc4F)C3=O)c3ccccc32)o1. The molecule has 34 heavy (non-hydrogen) atoms. The highest BCUT2D eigenvalue weighted by molar-refractivity contribution is 6.14. The Labute approximate surface area is 192 Å². The average molecular weight is 459 g/mol. The van der Waals surface area contributed by atoms with Crippen LogP contribution in [0.2, 0.25) is 0 Å². The summed E-state index contributed by atoms with van der Waals surface area (Å²) >= 11 is 0. The minimum Gasteiger partial charge on any atom is -0.475 e. The molecule has 0 saturated carbocycles. The van der Waals surface area contributed by atoms with Crippen molar-refractivity contribution < 1.29 is 28.3 Å². The van der Waals surface area contributed by atoms with Crippen molar-refractivity contribution in [1.82, 2.24) is 14.8 Å². The standard InChI is InChI=1S/C25H18FN3O5/c26-19-7-3-1-5-15(19)13-29-23(30)20(27-25(29)33)11-16-12-28(21-8-4-2-6-18(16)21)14-17-9-10-22(34-17)24(31)32/h1-12H,13-14H2,(H,27,33)(H,31,32)/b20-11-. The van der Waals surface area contributed by atoms with Gasteiger partial charge in [-0.15, -0.1) is 0 Å². The number of amides is 3. The first-order valence-corrected chi connectivity index (χ1v) is 10.4. The quantitative estimate of drug-likeness (QED) is 0.332. The zero-order chi connectivity index (χ0) is 23.8. The highest BCUT2D eigenvalue weighted by Crippen LogP contribution is 2.26. The number of imide groups is 1. The van der Waals surface area contributed by atoms with E-state index in [1.165, 1.54) is 24.3 Å². The van der Waals surface area contributed by atoms with Gasteiger partial charge >= 0.3 is 12.0 Å². The van der Waals surface area contributed by atoms with Crippen LogP contribution in [0, 0.1) is 5.82 Å². The molecule has 0 aliphatic carbocycles. The Bertz CT molecular complexity index is 1480. The van der Waals surface area contributed by atoms with Crippen LogP contribution in [0.25, 0.3) is 17.0 Å². The minimum atomic E-state index is -1.15. The monoisotopic (exact) mass is 459 g/mol. The van der Waals surface area contributed by atoms with E-state index in [1.807, 2.05) is 28.8 Å². The summed E-state index contributed by atoms with van der Waals surface area (Å²) < 4.78 is 21.2. The fraction of sp³-hybridized carbons (Fsp3) is 0.0800. The van der Waals surface area contributed by atoms with Gasteiger partial charge in [0.1, 0.15) is 17.3 Å². The lowest BCUT2D eigenvalue weighted by molar-refractivity contribution is -0.123. The van der Waals surface area contributed by atoms with Crippen molar-refractivity contribution in [3.63, 3.8) is 0 Å². The Morgan fingerprint density at radius 1 is 1.03 bits per heavy atom. The maximum Gasteiger partial charge on any atom is 0.371 e. The van der Waals surface area contributed by atoms with Gasteiger partial charge in [-0.1, -0.05) is 36.4 Å². The molecular weight excluding hydrogens is 441 g/mol. The molecule has 4 aromatic rings. The Balaban J connectivity index is 1.45. The van der Waals surface area contributed by atoms with E-state index in [2.05, 4.69) is 5.32 Å². The molecule has 1 aliphatic heterocycles. The first kappa shape index (κ1) is 21.2. The summed E-state index contributed by atoms with van der Waals surface area (Å²) in [5, 5.41) is 12.5. The molecule has 1 fully saturated rings. The van der Waals surface area contributed by atoms with E-state index < -0.39 is 23.7 Å². The topological polar surface area (TPSA) is 105 Å². The number of aromatic nitrogens is 1. The molecule has 2 aromatic carbocycles. The maximum absolute atomic E-state index is 14.0. The number of hydrogen-bond donors (Lipinski definition) is 2. The second-order valence-electron chi connectivity index (χ2n) is 7.77. The number of hydrogen-bond acceptors (Lipinski definition) is 4. The van der Waals surface area contributed by atoms with Crippen LogP contribution in [0.1, 0.15) is 27.4 Å². The van der Waals surface area contributed by atoms with E-state index in [9.17, 15) is 18.8 Å². The summed E-state index contributed by atoms with van der Waals surface area (Å²) in [6.07, 6.45) is 3.37. The van der Waals surface area contributed by atoms with Crippen LogP contribution in [0.4, 0.5) is 9.18 Å². The summed E-state index contributed by atoms with van der Waals surface area (Å²) in [5.41, 5.74) is 1.83. The number of carboxylic acids is 1. The summed E-state index contributed by atoms with van der Waals surface area (Å²) in [4.78, 5) is 37.4. The van der Waals surface area contributed by atoms with Gasteiger partial charge < -0.3 is 19.4 Å². The predicted octanol–water partition coefficient (Wildman–Crippen LogP) is 4.21. The van der Waals surface area contributed by atoms with Gasteiger partial charge in [-0.05, 0) is 30.3 Å². The van der Waals surface area contributed by atoms with E-state index in [1.54, 1.807) is 24.4 Å². The predicted molar refractivity (Wildman–Crippen MR) is 120 cm³/mol. The first-order valence-electron chi connectivity index (χ1n) is 10.4. The van der Waals surface area contributed by atoms with Crippen LogP contribution >= 0.6 is 0 Å². The molecule has 1 aliphatic rings. The van der Waals surface area contributed by atoms with E-state index in [0.717, 1.165) is 15.8 Å². The van der Waals surface area contributed by atoms with Gasteiger partial charge in [0, 0.05) is 28.2 Å². The molecule has 2 aromatic heterocycles. The Morgan fingerprint density at radius 2 is 1.79 bits per heavy atom. The third-order valence-electron chi connectivity index (χ3n) is 5.57. The Kier molecular flexibility index (Phi) is 5.21. The fourth-order valence-corrected chi connectivity index (χ4v) is 3.93. The molecule has 0 bridgehead atoms. The lowest BCUT2D eigenvalue weighted by Crippen LogP contribution is -2.30. The second-order valence-corrected chi connectivity index (χ2v) is 7.77. The normalized spacial score (nSPS) is 14.9. The first-order chi connectivity index (χ1) is 16.4. The highest BCUT2D eigenvalue weighted by atomic mass is 19.1. The average Bonchev–Trinajstić information content (AvgIpc) is 3.50. The number of carboxylic acid groups (broad SMARTS) is 1. The smallest absolute Gasteiger partial charge is 0.371 e. The van der Waals surface area contributed by atoms with Gasteiger partial charge in [0.05, 0.1) is 13.1 Å². The Hall–Kier alpha value is -4.66. The molecule has 1 saturated heterocycles. The molecule has 0 radical (unpaired) electrons. The molecule has 3 amide bonds. The Morgan fingerprint density at radius 3 is 2.56 bits per heavy atom. The van der Waals surface area contributed by atoms with Gasteiger partial charge in [-0.3, -0.25) is 9.69 Å². The number of carbonyl (C=O) groups excluding carboxylic acids is 2. The molecule has 2 N–H and O–H groups in total. The van der Waals surface area contributed by atoms with Crippen LogP contribution in [0.15, 0.2) is 77.0 Å². The van der Waals surface area contributed by atoms with Crippen molar-refractivity contribution in [3.05, 3.63) is 101 Å². The van der Waals surface area contributed by atoms with Gasteiger partial charge in [0.25, 0.3) is 5.91 Å². The van der Waals surface area contributed by atoms with E-state index >= 15 is 0 Å². The maximum atomic E-state index is 14.0. The number of nitrogens with zero attached hydrogens (tertiary/aromatic N) is 2. The lowest BCUT2D eigenvalue weighted by atomic mass is 10.1. The van der Waals surface area contributed by atoms with Crippen LogP contribution < -0.4 is 5.32 Å². The number of aromatic carboxylic acids is 1. The summed E-state index contributed by atoms with van der Waals surface area (Å²) in [6.45, 7) is 0.0948. The van der Waals surface area contributed by atoms with Crippen LogP contribution in [0.3, 0.4) is 0 Å². The number of urea groups is 1. The number of halogens is 1. The van der Waals surface area contributed by atoms with Gasteiger partial charge in [0.15, 0.2) is 0 Å². The number of fused-ring (bicyclic) bond motifs is 1. The van der Waals surface area contributed by atoms with E-state index in [-0.39, 0.29) is 30.1 Å². The van der Waals surface area contributed by atoms with Gasteiger partial charge in [-0.25, -0.2) is 14.0 Å². The van der Waals surface area contributed by atoms with Crippen molar-refractivity contribution >= 4 is 34.9 Å². The largest absolute Gasteiger partial charge is 0.475 e. The fourth-order valence-electron chi connectivity index (χ4n) is 3.93. The van der Waals surface area contributed by atoms with E-state index in [0.29, 0.717) is 11.3 Å². The van der Waals surface area contributed by atoms with Crippen molar-refractivity contribution in [3.8, 4) is 0 Å². The van der Waals surface area contributed by atoms with Gasteiger partial charge in [-0.2, -0.15) is 0 Å². The number of furan rings is 1. The number of rotatable bonds is 6. The molecular formula is C25H18FN3O5. The van der Waals surface area contributed by atoms with Crippen LogP contribution in [0.5, 0.6) is 0 Å².